The molecule has 0 aliphatic heterocycles. The molecule has 2 aromatic carbocycles. The minimum Gasteiger partial charge on any atom is -0.345 e. The van der Waals surface area contributed by atoms with Crippen LogP contribution in [0, 0.1) is 5.92 Å². The summed E-state index contributed by atoms with van der Waals surface area (Å²) in [5.41, 5.74) is 1.93. The monoisotopic (exact) mass is 251 g/mol. The van der Waals surface area contributed by atoms with E-state index < -0.39 is 0 Å². The molecular weight excluding hydrogens is 234 g/mol. The summed E-state index contributed by atoms with van der Waals surface area (Å²) in [5, 5.41) is 3.17. The normalized spacial score (nSPS) is 15.8. The lowest BCUT2D eigenvalue weighted by Crippen LogP contribution is -2.29. The van der Waals surface area contributed by atoms with Gasteiger partial charge in [0, 0.05) is 5.56 Å². The molecule has 0 saturated heterocycles. The summed E-state index contributed by atoms with van der Waals surface area (Å²) in [6.07, 6.45) is 2.41. The van der Waals surface area contributed by atoms with Crippen molar-refractivity contribution in [3.8, 4) is 0 Å². The summed E-state index contributed by atoms with van der Waals surface area (Å²) in [7, 11) is 0. The van der Waals surface area contributed by atoms with Crippen molar-refractivity contribution in [1.82, 2.24) is 5.32 Å². The van der Waals surface area contributed by atoms with Gasteiger partial charge < -0.3 is 5.32 Å². The van der Waals surface area contributed by atoms with Gasteiger partial charge in [-0.25, -0.2) is 0 Å². The fourth-order valence-corrected chi connectivity index (χ4v) is 2.38. The smallest absolute Gasteiger partial charge is 0.251 e. The first-order valence-corrected chi connectivity index (χ1v) is 6.75. The molecule has 0 radical (unpaired) electrons. The molecule has 2 nitrogen and oxygen atoms in total. The first-order chi connectivity index (χ1) is 9.34. The molecule has 1 N–H and O–H groups in total. The fraction of sp³-hybridized carbons (Fsp3) is 0.235. The quantitative estimate of drug-likeness (QED) is 0.884. The Balaban J connectivity index is 1.78. The van der Waals surface area contributed by atoms with E-state index in [0.717, 1.165) is 5.56 Å². The first-order valence-electron chi connectivity index (χ1n) is 6.75. The molecule has 0 bridgehead atoms. The maximum atomic E-state index is 12.2. The maximum Gasteiger partial charge on any atom is 0.251 e. The van der Waals surface area contributed by atoms with Crippen LogP contribution in [-0.4, -0.2) is 5.91 Å². The van der Waals surface area contributed by atoms with Crippen LogP contribution < -0.4 is 5.32 Å². The topological polar surface area (TPSA) is 29.1 Å². The number of hydrogen-bond acceptors (Lipinski definition) is 1. The van der Waals surface area contributed by atoms with Crippen molar-refractivity contribution >= 4 is 5.91 Å². The van der Waals surface area contributed by atoms with Crippen LogP contribution in [0.1, 0.15) is 34.8 Å². The molecule has 1 fully saturated rings. The Hall–Kier alpha value is -2.09. The molecule has 0 unspecified atom stereocenters. The van der Waals surface area contributed by atoms with Crippen molar-refractivity contribution in [3.05, 3.63) is 71.8 Å². The first kappa shape index (κ1) is 12.0. The minimum absolute atomic E-state index is 0.0151. The van der Waals surface area contributed by atoms with Gasteiger partial charge in [0.1, 0.15) is 0 Å². The second-order valence-corrected chi connectivity index (χ2v) is 5.07. The van der Waals surface area contributed by atoms with E-state index in [2.05, 4.69) is 17.4 Å². The summed E-state index contributed by atoms with van der Waals surface area (Å²) in [5.74, 6) is 0.608. The van der Waals surface area contributed by atoms with Crippen molar-refractivity contribution < 1.29 is 4.79 Å². The van der Waals surface area contributed by atoms with Crippen molar-refractivity contribution in [2.75, 3.05) is 0 Å². The van der Waals surface area contributed by atoms with Crippen molar-refractivity contribution in [1.29, 1.82) is 0 Å². The summed E-state index contributed by atoms with van der Waals surface area (Å²) >= 11 is 0. The molecule has 1 saturated carbocycles. The third kappa shape index (κ3) is 2.84. The van der Waals surface area contributed by atoms with Crippen molar-refractivity contribution in [2.24, 2.45) is 5.92 Å². The molecule has 1 amide bonds. The van der Waals surface area contributed by atoms with Crippen LogP contribution in [0.15, 0.2) is 60.7 Å². The van der Waals surface area contributed by atoms with Crippen molar-refractivity contribution in [2.45, 2.75) is 18.9 Å². The molecule has 0 heterocycles. The molecule has 96 valence electrons. The SMILES string of the molecule is O=C(N[C@@H](c1ccccc1)C1CC1)c1ccccc1. The molecular formula is C17H17NO. The van der Waals surface area contributed by atoms with E-state index in [-0.39, 0.29) is 11.9 Å². The standard InChI is InChI=1S/C17H17NO/c19-17(15-9-5-2-6-10-15)18-16(14-11-12-14)13-7-3-1-4-8-13/h1-10,14,16H,11-12H2,(H,18,19)/t16-/m0/s1. The van der Waals surface area contributed by atoms with Gasteiger partial charge in [0.25, 0.3) is 5.91 Å². The van der Waals surface area contributed by atoms with Gasteiger partial charge in [-0.05, 0) is 36.5 Å². The van der Waals surface area contributed by atoms with Crippen LogP contribution in [0.2, 0.25) is 0 Å². The number of carbonyl (C=O) groups excluding carboxylic acids is 1. The Morgan fingerprint density at radius 3 is 2.11 bits per heavy atom. The number of amides is 1. The predicted octanol–water partition coefficient (Wildman–Crippen LogP) is 3.57. The van der Waals surface area contributed by atoms with E-state index in [9.17, 15) is 4.79 Å². The average Bonchev–Trinajstić information content (AvgIpc) is 3.31. The van der Waals surface area contributed by atoms with Gasteiger partial charge in [-0.2, -0.15) is 0 Å². The number of benzene rings is 2. The highest BCUT2D eigenvalue weighted by Crippen LogP contribution is 2.41. The molecule has 0 aromatic heterocycles. The minimum atomic E-state index is 0.0151. The largest absolute Gasteiger partial charge is 0.345 e. The third-order valence-corrected chi connectivity index (χ3v) is 3.57. The molecule has 2 heteroatoms. The van der Waals surface area contributed by atoms with E-state index in [1.165, 1.54) is 18.4 Å². The highest BCUT2D eigenvalue weighted by atomic mass is 16.1. The van der Waals surface area contributed by atoms with Crippen LogP contribution in [0.4, 0.5) is 0 Å². The molecule has 1 aliphatic carbocycles. The Labute approximate surface area is 113 Å². The van der Waals surface area contributed by atoms with E-state index in [0.29, 0.717) is 5.92 Å². The lowest BCUT2D eigenvalue weighted by Gasteiger charge is -2.18. The second-order valence-electron chi connectivity index (χ2n) is 5.07. The fourth-order valence-electron chi connectivity index (χ4n) is 2.38. The number of rotatable bonds is 4. The van der Waals surface area contributed by atoms with Gasteiger partial charge in [-0.1, -0.05) is 48.5 Å². The van der Waals surface area contributed by atoms with Crippen LogP contribution in [0.5, 0.6) is 0 Å². The Bertz CT molecular complexity index is 546. The van der Waals surface area contributed by atoms with E-state index in [1.807, 2.05) is 48.5 Å². The predicted molar refractivity (Wildman–Crippen MR) is 75.8 cm³/mol. The lowest BCUT2D eigenvalue weighted by atomic mass is 10.0. The third-order valence-electron chi connectivity index (χ3n) is 3.57. The number of carbonyl (C=O) groups is 1. The second kappa shape index (κ2) is 5.27. The summed E-state index contributed by atoms with van der Waals surface area (Å²) < 4.78 is 0. The summed E-state index contributed by atoms with van der Waals surface area (Å²) in [6.45, 7) is 0. The van der Waals surface area contributed by atoms with Gasteiger partial charge in [0.05, 0.1) is 6.04 Å². The number of nitrogens with one attached hydrogen (secondary N) is 1. The molecule has 0 spiro atoms. The molecule has 19 heavy (non-hydrogen) atoms. The zero-order chi connectivity index (χ0) is 13.1. The van der Waals surface area contributed by atoms with Crippen LogP contribution in [-0.2, 0) is 0 Å². The van der Waals surface area contributed by atoms with E-state index in [1.54, 1.807) is 0 Å². The highest BCUT2D eigenvalue weighted by Gasteiger charge is 2.33. The number of hydrogen-bond donors (Lipinski definition) is 1. The highest BCUT2D eigenvalue weighted by molar-refractivity contribution is 5.94. The Morgan fingerprint density at radius 2 is 1.53 bits per heavy atom. The van der Waals surface area contributed by atoms with E-state index in [4.69, 9.17) is 0 Å². The van der Waals surface area contributed by atoms with Crippen molar-refractivity contribution in [3.63, 3.8) is 0 Å². The molecule has 1 aliphatic rings. The summed E-state index contributed by atoms with van der Waals surface area (Å²) in [6, 6.07) is 19.8. The van der Waals surface area contributed by atoms with Gasteiger partial charge in [0.15, 0.2) is 0 Å². The van der Waals surface area contributed by atoms with Crippen LogP contribution >= 0.6 is 0 Å². The van der Waals surface area contributed by atoms with Gasteiger partial charge in [0.2, 0.25) is 0 Å². The maximum absolute atomic E-state index is 12.2. The van der Waals surface area contributed by atoms with Crippen LogP contribution in [0.25, 0.3) is 0 Å². The Morgan fingerprint density at radius 1 is 0.947 bits per heavy atom. The Kier molecular flexibility index (Phi) is 3.32. The van der Waals surface area contributed by atoms with Gasteiger partial charge >= 0.3 is 0 Å². The zero-order valence-electron chi connectivity index (χ0n) is 10.8. The zero-order valence-corrected chi connectivity index (χ0v) is 10.8. The molecule has 2 aromatic rings. The van der Waals surface area contributed by atoms with Gasteiger partial charge in [-0.15, -0.1) is 0 Å². The van der Waals surface area contributed by atoms with Crippen LogP contribution in [0.3, 0.4) is 0 Å². The summed E-state index contributed by atoms with van der Waals surface area (Å²) in [4.78, 5) is 12.2. The average molecular weight is 251 g/mol. The molecule has 1 atom stereocenters. The lowest BCUT2D eigenvalue weighted by molar-refractivity contribution is 0.0931. The van der Waals surface area contributed by atoms with E-state index >= 15 is 0 Å². The molecule has 3 rings (SSSR count). The van der Waals surface area contributed by atoms with Gasteiger partial charge in [-0.3, -0.25) is 4.79 Å².